The molecule has 0 fully saturated rings. The van der Waals surface area contributed by atoms with Crippen molar-refractivity contribution in [1.29, 1.82) is 0 Å². The van der Waals surface area contributed by atoms with Crippen LogP contribution in [-0.4, -0.2) is 49.6 Å². The average molecular weight is 621 g/mol. The Labute approximate surface area is 233 Å². The van der Waals surface area contributed by atoms with Crippen LogP contribution in [0.1, 0.15) is 18.1 Å². The molecular formula is C22H22BrN9O2S3. The van der Waals surface area contributed by atoms with Crippen LogP contribution in [-0.2, 0) is 10.5 Å². The third-order valence-corrected chi connectivity index (χ3v) is 8.19. The number of methoxy groups -OCH3 is 1. The van der Waals surface area contributed by atoms with Crippen molar-refractivity contribution >= 4 is 73.5 Å². The third-order valence-electron chi connectivity index (χ3n) is 4.71. The first-order valence-electron chi connectivity index (χ1n) is 10.7. The van der Waals surface area contributed by atoms with E-state index in [-0.39, 0.29) is 17.6 Å². The van der Waals surface area contributed by atoms with Gasteiger partial charge in [0.15, 0.2) is 4.34 Å². The number of rotatable bonds is 11. The zero-order valence-electron chi connectivity index (χ0n) is 19.7. The Balaban J connectivity index is 1.26. The summed E-state index contributed by atoms with van der Waals surface area (Å²) in [6.07, 6.45) is 0. The lowest BCUT2D eigenvalue weighted by molar-refractivity contribution is -0.113. The Morgan fingerprint density at radius 3 is 2.81 bits per heavy atom. The molecule has 4 rings (SSSR count). The number of carbonyl (C=O) groups excluding carboxylic acids is 1. The molecule has 2 aromatic heterocycles. The summed E-state index contributed by atoms with van der Waals surface area (Å²) in [5.74, 6) is 7.61. The number of thioether (sulfide) groups is 2. The number of nitrogens with two attached hydrogens (primary N) is 1. The molecule has 15 heteroatoms. The summed E-state index contributed by atoms with van der Waals surface area (Å²) in [5.41, 5.74) is 5.56. The van der Waals surface area contributed by atoms with Gasteiger partial charge in [-0.15, -0.1) is 20.4 Å². The molecule has 0 aliphatic carbocycles. The standard InChI is InChI=1S/C22H22BrN9O2S3/c1-13(15-6-4-8-17(10-15)34-2)26-27-19-28-30-21(32(19)24)35-12-18(33)25-20-29-31-22(37-20)36-11-14-5-3-7-16(23)9-14/h3-10H,11-12,24H2,1-2H3,(H,27,28)(H,25,29,33)/b26-13+. The van der Waals surface area contributed by atoms with E-state index in [2.05, 4.69) is 58.2 Å². The fourth-order valence-corrected chi connectivity index (χ4v) is 5.69. The monoisotopic (exact) mass is 619 g/mol. The summed E-state index contributed by atoms with van der Waals surface area (Å²) in [6.45, 7) is 1.84. The van der Waals surface area contributed by atoms with Crippen LogP contribution < -0.4 is 21.3 Å². The van der Waals surface area contributed by atoms with Crippen molar-refractivity contribution in [1.82, 2.24) is 25.1 Å². The van der Waals surface area contributed by atoms with Crippen LogP contribution in [0.4, 0.5) is 11.1 Å². The van der Waals surface area contributed by atoms with Gasteiger partial charge in [0.25, 0.3) is 5.95 Å². The number of nitrogens with one attached hydrogen (secondary N) is 2. The van der Waals surface area contributed by atoms with Gasteiger partial charge in [0.1, 0.15) is 5.75 Å². The number of carbonyl (C=O) groups is 1. The molecule has 0 saturated carbocycles. The molecule has 0 saturated heterocycles. The van der Waals surface area contributed by atoms with Crippen molar-refractivity contribution in [3.63, 3.8) is 0 Å². The minimum Gasteiger partial charge on any atom is -0.497 e. The molecule has 11 nitrogen and oxygen atoms in total. The van der Waals surface area contributed by atoms with Crippen LogP contribution >= 0.6 is 50.8 Å². The van der Waals surface area contributed by atoms with Gasteiger partial charge < -0.3 is 10.6 Å². The van der Waals surface area contributed by atoms with Crippen molar-refractivity contribution in [2.75, 3.05) is 29.4 Å². The molecule has 0 aliphatic rings. The highest BCUT2D eigenvalue weighted by molar-refractivity contribution is 9.10. The Bertz CT molecular complexity index is 1410. The number of amides is 1. The predicted octanol–water partition coefficient (Wildman–Crippen LogP) is 4.47. The number of hydrazone groups is 1. The maximum Gasteiger partial charge on any atom is 0.264 e. The lowest BCUT2D eigenvalue weighted by atomic mass is 10.1. The largest absolute Gasteiger partial charge is 0.497 e. The molecule has 0 unspecified atom stereocenters. The summed E-state index contributed by atoms with van der Waals surface area (Å²) >= 11 is 7.49. The number of anilines is 2. The summed E-state index contributed by atoms with van der Waals surface area (Å²) in [5, 5.41) is 24.0. The van der Waals surface area contributed by atoms with Gasteiger partial charge in [0.2, 0.25) is 16.2 Å². The second kappa shape index (κ2) is 12.9. The Morgan fingerprint density at radius 2 is 2.00 bits per heavy atom. The van der Waals surface area contributed by atoms with E-state index in [1.165, 1.54) is 16.0 Å². The summed E-state index contributed by atoms with van der Waals surface area (Å²) < 4.78 is 8.27. The molecular weight excluding hydrogens is 598 g/mol. The van der Waals surface area contributed by atoms with E-state index in [1.54, 1.807) is 18.9 Å². The van der Waals surface area contributed by atoms with Crippen LogP contribution in [0, 0.1) is 0 Å². The minimum atomic E-state index is -0.255. The topological polar surface area (TPSA) is 145 Å². The third kappa shape index (κ3) is 7.67. The first-order chi connectivity index (χ1) is 17.9. The normalized spacial score (nSPS) is 11.4. The van der Waals surface area contributed by atoms with E-state index >= 15 is 0 Å². The second-order valence-electron chi connectivity index (χ2n) is 7.35. The SMILES string of the molecule is COc1cccc(/C(C)=N/Nc2nnc(SCC(=O)Nc3nnc(SCc4cccc(Br)c4)s3)n2N)c1. The Kier molecular flexibility index (Phi) is 9.38. The van der Waals surface area contributed by atoms with Gasteiger partial charge in [-0.2, -0.15) is 5.10 Å². The molecule has 2 aromatic carbocycles. The maximum absolute atomic E-state index is 12.4. The minimum absolute atomic E-state index is 0.0710. The fourth-order valence-electron chi connectivity index (χ4n) is 2.87. The molecule has 0 spiro atoms. The maximum atomic E-state index is 12.4. The van der Waals surface area contributed by atoms with Crippen LogP contribution in [0.3, 0.4) is 0 Å². The Hall–Kier alpha value is -3.14. The van der Waals surface area contributed by atoms with Crippen molar-refractivity contribution in [2.24, 2.45) is 5.10 Å². The van der Waals surface area contributed by atoms with Crippen molar-refractivity contribution < 1.29 is 9.53 Å². The summed E-state index contributed by atoms with van der Waals surface area (Å²) in [7, 11) is 1.61. The van der Waals surface area contributed by atoms with Crippen LogP contribution in [0.25, 0.3) is 0 Å². The fraction of sp³-hybridized carbons (Fsp3) is 0.182. The summed E-state index contributed by atoms with van der Waals surface area (Å²) in [6, 6.07) is 15.6. The molecule has 0 atom stereocenters. The van der Waals surface area contributed by atoms with Crippen molar-refractivity contribution in [2.45, 2.75) is 22.2 Å². The predicted molar refractivity (Wildman–Crippen MR) is 152 cm³/mol. The van der Waals surface area contributed by atoms with Gasteiger partial charge in [-0.1, -0.05) is 75.1 Å². The second-order valence-corrected chi connectivity index (χ2v) is 11.4. The molecule has 37 heavy (non-hydrogen) atoms. The zero-order valence-corrected chi connectivity index (χ0v) is 23.7. The van der Waals surface area contributed by atoms with Gasteiger partial charge in [0.05, 0.1) is 18.6 Å². The lowest BCUT2D eigenvalue weighted by Crippen LogP contribution is -2.17. The van der Waals surface area contributed by atoms with Crippen molar-refractivity contribution in [3.8, 4) is 5.75 Å². The van der Waals surface area contributed by atoms with Crippen LogP contribution in [0.2, 0.25) is 0 Å². The van der Waals surface area contributed by atoms with E-state index in [9.17, 15) is 4.79 Å². The van der Waals surface area contributed by atoms with Gasteiger partial charge in [0, 0.05) is 15.8 Å². The lowest BCUT2D eigenvalue weighted by Gasteiger charge is -2.06. The number of halogens is 1. The van der Waals surface area contributed by atoms with E-state index in [4.69, 9.17) is 10.6 Å². The highest BCUT2D eigenvalue weighted by atomic mass is 79.9. The molecule has 0 bridgehead atoms. The quantitative estimate of drug-likeness (QED) is 0.0722. The molecule has 1 amide bonds. The van der Waals surface area contributed by atoms with Gasteiger partial charge >= 0.3 is 0 Å². The van der Waals surface area contributed by atoms with E-state index in [1.807, 2.05) is 49.4 Å². The number of hydrogen-bond donors (Lipinski definition) is 3. The number of hydrogen-bond acceptors (Lipinski definition) is 12. The van der Waals surface area contributed by atoms with Crippen molar-refractivity contribution in [3.05, 3.63) is 64.1 Å². The van der Waals surface area contributed by atoms with E-state index < -0.39 is 0 Å². The van der Waals surface area contributed by atoms with Crippen LogP contribution in [0.15, 0.2) is 67.6 Å². The van der Waals surface area contributed by atoms with Gasteiger partial charge in [-0.25, -0.2) is 10.1 Å². The number of ether oxygens (including phenoxy) is 1. The highest BCUT2D eigenvalue weighted by Gasteiger charge is 2.14. The number of benzene rings is 2. The number of nitrogen functional groups attached to an aromatic ring is 1. The Morgan fingerprint density at radius 1 is 1.16 bits per heavy atom. The summed E-state index contributed by atoms with van der Waals surface area (Å²) in [4.78, 5) is 12.4. The average Bonchev–Trinajstić information content (AvgIpc) is 3.50. The molecule has 192 valence electrons. The molecule has 4 aromatic rings. The number of nitrogens with zero attached hydrogens (tertiary/aromatic N) is 6. The zero-order chi connectivity index (χ0) is 26.2. The molecule has 4 N–H and O–H groups in total. The molecule has 0 radical (unpaired) electrons. The van der Waals surface area contributed by atoms with Gasteiger partial charge in [-0.05, 0) is 36.8 Å². The first-order valence-corrected chi connectivity index (χ1v) is 14.3. The van der Waals surface area contributed by atoms with Crippen LogP contribution in [0.5, 0.6) is 5.75 Å². The number of aromatic nitrogens is 5. The van der Waals surface area contributed by atoms with Gasteiger partial charge in [-0.3, -0.25) is 10.1 Å². The molecule has 2 heterocycles. The molecule has 0 aliphatic heterocycles. The van der Waals surface area contributed by atoms with E-state index in [0.29, 0.717) is 16.0 Å². The smallest absolute Gasteiger partial charge is 0.264 e. The van der Waals surface area contributed by atoms with E-state index in [0.717, 1.165) is 43.2 Å². The highest BCUT2D eigenvalue weighted by Crippen LogP contribution is 2.29. The first kappa shape index (κ1) is 26.9.